The topological polar surface area (TPSA) is 87.7 Å². The van der Waals surface area contributed by atoms with E-state index >= 15 is 0 Å². The number of rotatable bonds is 16. The van der Waals surface area contributed by atoms with Gasteiger partial charge in [-0.05, 0) is 63.1 Å². The molecule has 0 heterocycles. The fourth-order valence-electron chi connectivity index (χ4n) is 5.58. The maximum absolute atomic E-state index is 14.5. The molecule has 1 aromatic rings. The first kappa shape index (κ1) is 35.4. The van der Waals surface area contributed by atoms with Gasteiger partial charge in [-0.25, -0.2) is 4.79 Å². The van der Waals surface area contributed by atoms with Crippen LogP contribution in [0.5, 0.6) is 0 Å². The number of nitrogens with zero attached hydrogens (tertiary/aromatic N) is 1. The van der Waals surface area contributed by atoms with Crippen LogP contribution >= 0.6 is 0 Å². The molecule has 2 rings (SSSR count). The molecule has 0 spiro atoms. The Hall–Kier alpha value is -2.83. The van der Waals surface area contributed by atoms with Crippen molar-refractivity contribution in [1.82, 2.24) is 15.5 Å². The summed E-state index contributed by atoms with van der Waals surface area (Å²) in [6.07, 6.45) is 13.5. The molecule has 0 bridgehead atoms. The standard InChI is InChI=1S/C35H57N3O4/c1-8-11-12-13-14-18-24-38(33(40)30(26(4)9-2)37-34(41)42-35(5,6)7)31(28-21-19-20-27(10-3)25-28)32(39)36-29-22-16-15-17-23-29/h10,19-21,25-26,29-31H,3,8-9,11-18,22-24H2,1-2,4-7H3,(H,36,39)(H,37,41). The summed E-state index contributed by atoms with van der Waals surface area (Å²) in [5.74, 6) is -0.571. The first-order valence-electron chi connectivity index (χ1n) is 16.3. The Morgan fingerprint density at radius 1 is 1.05 bits per heavy atom. The molecule has 0 saturated heterocycles. The van der Waals surface area contributed by atoms with E-state index in [9.17, 15) is 14.4 Å². The van der Waals surface area contributed by atoms with E-state index in [-0.39, 0.29) is 23.8 Å². The Balaban J connectivity index is 2.49. The Labute approximate surface area is 255 Å². The van der Waals surface area contributed by atoms with Crippen LogP contribution in [0.3, 0.4) is 0 Å². The van der Waals surface area contributed by atoms with Gasteiger partial charge in [0.2, 0.25) is 11.8 Å². The molecule has 1 aliphatic carbocycles. The van der Waals surface area contributed by atoms with Crippen LogP contribution < -0.4 is 10.6 Å². The predicted molar refractivity (Wildman–Crippen MR) is 172 cm³/mol. The number of carbonyl (C=O) groups excluding carboxylic acids is 3. The molecular weight excluding hydrogens is 526 g/mol. The molecule has 3 unspecified atom stereocenters. The van der Waals surface area contributed by atoms with Crippen LogP contribution in [0.1, 0.15) is 136 Å². The lowest BCUT2D eigenvalue weighted by Crippen LogP contribution is -2.56. The predicted octanol–water partition coefficient (Wildman–Crippen LogP) is 7.95. The average molecular weight is 584 g/mol. The molecule has 1 saturated carbocycles. The molecule has 7 heteroatoms. The van der Waals surface area contributed by atoms with Crippen molar-refractivity contribution >= 4 is 24.0 Å². The second kappa shape index (κ2) is 18.0. The molecule has 1 aromatic carbocycles. The zero-order valence-electron chi connectivity index (χ0n) is 27.2. The van der Waals surface area contributed by atoms with E-state index in [1.807, 2.05) is 38.1 Å². The molecule has 3 atom stereocenters. The number of ether oxygens (including phenoxy) is 1. The summed E-state index contributed by atoms with van der Waals surface area (Å²) in [6.45, 7) is 15.9. The van der Waals surface area contributed by atoms with Crippen LogP contribution in [0.25, 0.3) is 6.08 Å². The quantitative estimate of drug-likeness (QED) is 0.193. The third-order valence-electron chi connectivity index (χ3n) is 8.16. The largest absolute Gasteiger partial charge is 0.444 e. The van der Waals surface area contributed by atoms with E-state index in [4.69, 9.17) is 4.74 Å². The number of alkyl carbamates (subject to hydrolysis) is 1. The van der Waals surface area contributed by atoms with Crippen molar-refractivity contribution in [1.29, 1.82) is 0 Å². The van der Waals surface area contributed by atoms with Crippen molar-refractivity contribution in [3.05, 3.63) is 42.0 Å². The Morgan fingerprint density at radius 3 is 2.33 bits per heavy atom. The number of unbranched alkanes of at least 4 members (excludes halogenated alkanes) is 5. The maximum Gasteiger partial charge on any atom is 0.408 e. The number of benzene rings is 1. The van der Waals surface area contributed by atoms with Gasteiger partial charge in [-0.2, -0.15) is 0 Å². The van der Waals surface area contributed by atoms with Gasteiger partial charge in [-0.15, -0.1) is 0 Å². The molecule has 1 aliphatic rings. The molecule has 0 aliphatic heterocycles. The normalized spacial score (nSPS) is 16.1. The van der Waals surface area contributed by atoms with E-state index in [1.165, 1.54) is 19.3 Å². The molecular formula is C35H57N3O4. The fourth-order valence-corrected chi connectivity index (χ4v) is 5.58. The van der Waals surface area contributed by atoms with Crippen LogP contribution in [-0.4, -0.2) is 47.0 Å². The molecule has 236 valence electrons. The monoisotopic (exact) mass is 583 g/mol. The van der Waals surface area contributed by atoms with E-state index in [0.29, 0.717) is 13.0 Å². The minimum atomic E-state index is -0.822. The highest BCUT2D eigenvalue weighted by atomic mass is 16.6. The van der Waals surface area contributed by atoms with Crippen LogP contribution in [0, 0.1) is 5.92 Å². The Bertz CT molecular complexity index is 996. The number of carbonyl (C=O) groups is 3. The van der Waals surface area contributed by atoms with Crippen molar-refractivity contribution in [3.8, 4) is 0 Å². The molecule has 7 nitrogen and oxygen atoms in total. The molecule has 0 radical (unpaired) electrons. The highest BCUT2D eigenvalue weighted by molar-refractivity contribution is 5.92. The van der Waals surface area contributed by atoms with Gasteiger partial charge < -0.3 is 20.3 Å². The van der Waals surface area contributed by atoms with E-state index < -0.39 is 23.8 Å². The molecule has 42 heavy (non-hydrogen) atoms. The van der Waals surface area contributed by atoms with Crippen molar-refractivity contribution in [2.45, 2.75) is 142 Å². The zero-order valence-corrected chi connectivity index (χ0v) is 27.2. The summed E-state index contributed by atoms with van der Waals surface area (Å²) in [6, 6.07) is 6.18. The van der Waals surface area contributed by atoms with Gasteiger partial charge in [-0.3, -0.25) is 9.59 Å². The number of nitrogens with one attached hydrogen (secondary N) is 2. The van der Waals surface area contributed by atoms with Gasteiger partial charge in [0.05, 0.1) is 0 Å². The smallest absolute Gasteiger partial charge is 0.408 e. The lowest BCUT2D eigenvalue weighted by Gasteiger charge is -2.37. The summed E-state index contributed by atoms with van der Waals surface area (Å²) in [5.41, 5.74) is 0.944. The third-order valence-corrected chi connectivity index (χ3v) is 8.16. The molecule has 1 fully saturated rings. The van der Waals surface area contributed by atoms with Crippen LogP contribution in [0.4, 0.5) is 4.79 Å². The van der Waals surface area contributed by atoms with Gasteiger partial charge in [0.25, 0.3) is 0 Å². The second-order valence-electron chi connectivity index (χ2n) is 12.9. The average Bonchev–Trinajstić information content (AvgIpc) is 2.96. The highest BCUT2D eigenvalue weighted by Gasteiger charge is 2.38. The molecule has 0 aromatic heterocycles. The zero-order chi connectivity index (χ0) is 31.1. The van der Waals surface area contributed by atoms with E-state index in [0.717, 1.165) is 62.5 Å². The SMILES string of the molecule is C=Cc1cccc(C(C(=O)NC2CCCCC2)N(CCCCCCCC)C(=O)C(NC(=O)OC(C)(C)C)C(C)CC)c1. The van der Waals surface area contributed by atoms with E-state index in [2.05, 4.69) is 24.1 Å². The minimum Gasteiger partial charge on any atom is -0.444 e. The van der Waals surface area contributed by atoms with Gasteiger partial charge in [0.15, 0.2) is 0 Å². The molecule has 3 amide bonds. The summed E-state index contributed by atoms with van der Waals surface area (Å²) >= 11 is 0. The van der Waals surface area contributed by atoms with Crippen molar-refractivity contribution in [3.63, 3.8) is 0 Å². The first-order valence-corrected chi connectivity index (χ1v) is 16.3. The molecule has 2 N–H and O–H groups in total. The first-order chi connectivity index (χ1) is 20.0. The van der Waals surface area contributed by atoms with Gasteiger partial charge in [0, 0.05) is 12.6 Å². The fraction of sp³-hybridized carbons (Fsp3) is 0.686. The summed E-state index contributed by atoms with van der Waals surface area (Å²) in [7, 11) is 0. The number of hydrogen-bond acceptors (Lipinski definition) is 4. The number of hydrogen-bond donors (Lipinski definition) is 2. The maximum atomic E-state index is 14.5. The van der Waals surface area contributed by atoms with Crippen LogP contribution in [0.2, 0.25) is 0 Å². The Morgan fingerprint density at radius 2 is 1.71 bits per heavy atom. The minimum absolute atomic E-state index is 0.104. The summed E-state index contributed by atoms with van der Waals surface area (Å²) in [4.78, 5) is 43.3. The van der Waals surface area contributed by atoms with Crippen LogP contribution in [0.15, 0.2) is 30.8 Å². The Kier molecular flexibility index (Phi) is 15.1. The highest BCUT2D eigenvalue weighted by Crippen LogP contribution is 2.28. The second-order valence-corrected chi connectivity index (χ2v) is 12.9. The van der Waals surface area contributed by atoms with Crippen molar-refractivity contribution < 1.29 is 19.1 Å². The summed E-state index contributed by atoms with van der Waals surface area (Å²) < 4.78 is 5.54. The van der Waals surface area contributed by atoms with Gasteiger partial charge in [0.1, 0.15) is 17.7 Å². The lowest BCUT2D eigenvalue weighted by molar-refractivity contribution is -0.144. The third kappa shape index (κ3) is 11.8. The lowest BCUT2D eigenvalue weighted by atomic mass is 9.93. The van der Waals surface area contributed by atoms with E-state index in [1.54, 1.807) is 31.7 Å². The van der Waals surface area contributed by atoms with Crippen molar-refractivity contribution in [2.24, 2.45) is 5.92 Å². The summed E-state index contributed by atoms with van der Waals surface area (Å²) in [5, 5.41) is 6.16. The number of amides is 3. The van der Waals surface area contributed by atoms with Crippen LogP contribution in [-0.2, 0) is 14.3 Å². The van der Waals surface area contributed by atoms with Crippen molar-refractivity contribution in [2.75, 3.05) is 6.54 Å². The van der Waals surface area contributed by atoms with Gasteiger partial charge >= 0.3 is 6.09 Å². The van der Waals surface area contributed by atoms with Gasteiger partial charge in [-0.1, -0.05) is 109 Å².